The summed E-state index contributed by atoms with van der Waals surface area (Å²) in [6.07, 6.45) is 5.14. The Balaban J connectivity index is 2.18. The summed E-state index contributed by atoms with van der Waals surface area (Å²) in [6, 6.07) is 1.88. The Labute approximate surface area is 96.4 Å². The molecule has 5 nitrogen and oxygen atoms in total. The molecule has 0 spiro atoms. The monoisotopic (exact) mass is 224 g/mol. The minimum atomic E-state index is 0.197. The van der Waals surface area contributed by atoms with Gasteiger partial charge in [-0.05, 0) is 26.1 Å². The molecule has 0 aliphatic carbocycles. The first kappa shape index (κ1) is 12.7. The minimum Gasteiger partial charge on any atom is -0.344 e. The molecule has 0 aliphatic rings. The van der Waals surface area contributed by atoms with Crippen LogP contribution in [-0.4, -0.2) is 47.8 Å². The molecule has 1 N–H and O–H groups in total. The van der Waals surface area contributed by atoms with Crippen LogP contribution in [0.1, 0.15) is 12.8 Å². The summed E-state index contributed by atoms with van der Waals surface area (Å²) in [6.45, 7) is 2.35. The summed E-state index contributed by atoms with van der Waals surface area (Å²) in [5.74, 6) is 0.197. The lowest BCUT2D eigenvalue weighted by molar-refractivity contribution is -0.130. The second kappa shape index (κ2) is 7.00. The number of nitrogens with one attached hydrogen (secondary N) is 1. The maximum Gasteiger partial charge on any atom is 0.222 e. The highest BCUT2D eigenvalue weighted by Gasteiger charge is 2.07. The van der Waals surface area contributed by atoms with Gasteiger partial charge in [0.25, 0.3) is 0 Å². The van der Waals surface area contributed by atoms with Crippen LogP contribution >= 0.6 is 0 Å². The fourth-order valence-electron chi connectivity index (χ4n) is 1.42. The zero-order valence-corrected chi connectivity index (χ0v) is 10.0. The van der Waals surface area contributed by atoms with Gasteiger partial charge in [0.15, 0.2) is 0 Å². The van der Waals surface area contributed by atoms with Gasteiger partial charge in [0, 0.05) is 32.4 Å². The van der Waals surface area contributed by atoms with Gasteiger partial charge in [-0.3, -0.25) is 9.48 Å². The lowest BCUT2D eigenvalue weighted by atomic mass is 10.3. The van der Waals surface area contributed by atoms with Crippen molar-refractivity contribution in [1.82, 2.24) is 20.0 Å². The molecule has 1 rings (SSSR count). The summed E-state index contributed by atoms with van der Waals surface area (Å²) in [4.78, 5) is 13.4. The van der Waals surface area contributed by atoms with E-state index in [0.29, 0.717) is 13.0 Å². The molecule has 0 unspecified atom stereocenters. The molecular weight excluding hydrogens is 204 g/mol. The number of carbonyl (C=O) groups excluding carboxylic acids is 1. The Morgan fingerprint density at radius 2 is 2.38 bits per heavy atom. The van der Waals surface area contributed by atoms with Crippen LogP contribution < -0.4 is 5.32 Å². The quantitative estimate of drug-likeness (QED) is 0.680. The van der Waals surface area contributed by atoms with Gasteiger partial charge in [-0.2, -0.15) is 5.10 Å². The Morgan fingerprint density at radius 1 is 1.56 bits per heavy atom. The summed E-state index contributed by atoms with van der Waals surface area (Å²) in [5.41, 5.74) is 0. The fraction of sp³-hybridized carbons (Fsp3) is 0.636. The first-order valence-corrected chi connectivity index (χ1v) is 5.60. The Bertz CT molecular complexity index is 297. The third-order valence-corrected chi connectivity index (χ3v) is 2.47. The van der Waals surface area contributed by atoms with Crippen molar-refractivity contribution in [3.05, 3.63) is 18.5 Å². The number of carbonyl (C=O) groups is 1. The van der Waals surface area contributed by atoms with E-state index in [0.717, 1.165) is 19.5 Å². The van der Waals surface area contributed by atoms with Crippen molar-refractivity contribution in [1.29, 1.82) is 0 Å². The van der Waals surface area contributed by atoms with Crippen LogP contribution in [-0.2, 0) is 11.3 Å². The van der Waals surface area contributed by atoms with E-state index in [1.165, 1.54) is 0 Å². The molecule has 16 heavy (non-hydrogen) atoms. The first-order chi connectivity index (χ1) is 7.74. The van der Waals surface area contributed by atoms with Gasteiger partial charge in [-0.15, -0.1) is 0 Å². The molecule has 90 valence electrons. The molecule has 0 fully saturated rings. The number of hydrogen-bond donors (Lipinski definition) is 1. The number of likely N-dealkylation sites (N-methyl/N-ethyl adjacent to an activating group) is 1. The summed E-state index contributed by atoms with van der Waals surface area (Å²) in [7, 11) is 3.73. The third kappa shape index (κ3) is 4.44. The smallest absolute Gasteiger partial charge is 0.222 e. The third-order valence-electron chi connectivity index (χ3n) is 2.47. The second-order valence-corrected chi connectivity index (χ2v) is 3.79. The number of rotatable bonds is 7. The molecule has 0 radical (unpaired) electrons. The van der Waals surface area contributed by atoms with Crippen LogP contribution in [0, 0.1) is 0 Å². The van der Waals surface area contributed by atoms with E-state index in [-0.39, 0.29) is 5.91 Å². The predicted octanol–water partition coefficient (Wildman–Crippen LogP) is 0.341. The molecule has 1 aromatic rings. The highest BCUT2D eigenvalue weighted by molar-refractivity contribution is 5.75. The number of aromatic nitrogens is 2. The van der Waals surface area contributed by atoms with E-state index in [2.05, 4.69) is 10.4 Å². The van der Waals surface area contributed by atoms with E-state index in [1.807, 2.05) is 31.0 Å². The van der Waals surface area contributed by atoms with Crippen LogP contribution in [0.15, 0.2) is 18.5 Å². The topological polar surface area (TPSA) is 50.2 Å². The van der Waals surface area contributed by atoms with Crippen molar-refractivity contribution in [2.75, 3.05) is 27.2 Å². The maximum absolute atomic E-state index is 11.6. The van der Waals surface area contributed by atoms with Gasteiger partial charge in [0.2, 0.25) is 5.91 Å². The molecule has 1 heterocycles. The van der Waals surface area contributed by atoms with E-state index in [4.69, 9.17) is 0 Å². The van der Waals surface area contributed by atoms with Crippen molar-refractivity contribution >= 4 is 5.91 Å². The van der Waals surface area contributed by atoms with E-state index in [1.54, 1.807) is 11.1 Å². The van der Waals surface area contributed by atoms with Gasteiger partial charge in [0.05, 0.1) is 6.54 Å². The predicted molar refractivity (Wildman–Crippen MR) is 63.0 cm³/mol. The molecule has 5 heteroatoms. The Kier molecular flexibility index (Phi) is 5.56. The van der Waals surface area contributed by atoms with Gasteiger partial charge in [-0.25, -0.2) is 0 Å². The molecule has 0 saturated heterocycles. The summed E-state index contributed by atoms with van der Waals surface area (Å²) in [5, 5.41) is 7.12. The van der Waals surface area contributed by atoms with Crippen LogP contribution in [0.2, 0.25) is 0 Å². The van der Waals surface area contributed by atoms with Crippen molar-refractivity contribution in [2.24, 2.45) is 0 Å². The molecule has 1 aromatic heterocycles. The molecule has 0 saturated carbocycles. The SMILES string of the molecule is CNCCCC(=O)N(C)CCn1cccn1. The van der Waals surface area contributed by atoms with Crippen LogP contribution in [0.25, 0.3) is 0 Å². The minimum absolute atomic E-state index is 0.197. The molecular formula is C11H20N4O. The molecule has 1 amide bonds. The van der Waals surface area contributed by atoms with E-state index < -0.39 is 0 Å². The lowest BCUT2D eigenvalue weighted by Crippen LogP contribution is -2.30. The zero-order valence-electron chi connectivity index (χ0n) is 10.0. The summed E-state index contributed by atoms with van der Waals surface area (Å²) >= 11 is 0. The van der Waals surface area contributed by atoms with Crippen LogP contribution in [0.5, 0.6) is 0 Å². The van der Waals surface area contributed by atoms with Gasteiger partial charge >= 0.3 is 0 Å². The molecule has 0 aliphatic heterocycles. The number of hydrogen-bond acceptors (Lipinski definition) is 3. The zero-order chi connectivity index (χ0) is 11.8. The average Bonchev–Trinajstić information content (AvgIpc) is 2.79. The highest BCUT2D eigenvalue weighted by Crippen LogP contribution is 1.96. The van der Waals surface area contributed by atoms with Crippen molar-refractivity contribution < 1.29 is 4.79 Å². The summed E-state index contributed by atoms with van der Waals surface area (Å²) < 4.78 is 1.83. The standard InChI is InChI=1S/C11H20N4O/c1-12-6-3-5-11(16)14(2)9-10-15-8-4-7-13-15/h4,7-8,12H,3,5-6,9-10H2,1-2H3. The van der Waals surface area contributed by atoms with Gasteiger partial charge in [0.1, 0.15) is 0 Å². The first-order valence-electron chi connectivity index (χ1n) is 5.60. The van der Waals surface area contributed by atoms with E-state index >= 15 is 0 Å². The second-order valence-electron chi connectivity index (χ2n) is 3.79. The normalized spacial score (nSPS) is 10.4. The molecule has 0 aromatic carbocycles. The van der Waals surface area contributed by atoms with Crippen molar-refractivity contribution in [3.8, 4) is 0 Å². The fourth-order valence-corrected chi connectivity index (χ4v) is 1.42. The van der Waals surface area contributed by atoms with Gasteiger partial charge in [-0.1, -0.05) is 0 Å². The molecule has 0 atom stereocenters. The van der Waals surface area contributed by atoms with Crippen LogP contribution in [0.3, 0.4) is 0 Å². The largest absolute Gasteiger partial charge is 0.344 e. The number of amides is 1. The van der Waals surface area contributed by atoms with Crippen molar-refractivity contribution in [2.45, 2.75) is 19.4 Å². The number of nitrogens with zero attached hydrogens (tertiary/aromatic N) is 3. The Hall–Kier alpha value is -1.36. The van der Waals surface area contributed by atoms with Crippen molar-refractivity contribution in [3.63, 3.8) is 0 Å². The highest BCUT2D eigenvalue weighted by atomic mass is 16.2. The van der Waals surface area contributed by atoms with Gasteiger partial charge < -0.3 is 10.2 Å². The van der Waals surface area contributed by atoms with Crippen LogP contribution in [0.4, 0.5) is 0 Å². The lowest BCUT2D eigenvalue weighted by Gasteiger charge is -2.17. The molecule has 0 bridgehead atoms. The Morgan fingerprint density at radius 3 is 3.00 bits per heavy atom. The van der Waals surface area contributed by atoms with E-state index in [9.17, 15) is 4.79 Å². The average molecular weight is 224 g/mol. The maximum atomic E-state index is 11.6.